The minimum atomic E-state index is -1.19. The number of nitrogens with two attached hydrogens (primary N) is 1. The van der Waals surface area contributed by atoms with Gasteiger partial charge in [-0.3, -0.25) is 4.79 Å². The monoisotopic (exact) mass is 259 g/mol. The number of hydrogen-bond donors (Lipinski definition) is 2. The molecular weight excluding hydrogens is 246 g/mol. The molecule has 94 valence electrons. The third kappa shape index (κ3) is 2.45. The van der Waals surface area contributed by atoms with Crippen molar-refractivity contribution in [2.24, 2.45) is 5.73 Å². The number of aliphatic carboxylic acids is 1. The fraction of sp³-hybridized carbons (Fsp3) is 0.364. The highest BCUT2D eigenvalue weighted by atomic mass is 35.5. The smallest absolute Gasteiger partial charge is 0.325 e. The Morgan fingerprint density at radius 3 is 2.47 bits per heavy atom. The molecule has 0 fully saturated rings. The van der Waals surface area contributed by atoms with Crippen molar-refractivity contribution in [3.63, 3.8) is 0 Å². The van der Waals surface area contributed by atoms with E-state index in [-0.39, 0.29) is 5.02 Å². The predicted molar refractivity (Wildman–Crippen MR) is 63.9 cm³/mol. The molecule has 0 saturated heterocycles. The zero-order valence-corrected chi connectivity index (χ0v) is 10.5. The number of rotatable bonds is 4. The molecule has 1 unspecified atom stereocenters. The van der Waals surface area contributed by atoms with Gasteiger partial charge in [-0.1, -0.05) is 11.6 Å². The molecule has 3 N–H and O–H groups in total. The highest BCUT2D eigenvalue weighted by Crippen LogP contribution is 2.39. The van der Waals surface area contributed by atoms with Gasteiger partial charge in [-0.05, 0) is 6.92 Å². The number of hydrogen-bond acceptors (Lipinski definition) is 4. The summed E-state index contributed by atoms with van der Waals surface area (Å²) in [5, 5.41) is 9.16. The highest BCUT2D eigenvalue weighted by Gasteiger charge is 2.24. The SMILES string of the molecule is COc1cc(Cl)c(C(N)C(=O)O)c(C)c1OC. The molecule has 5 nitrogen and oxygen atoms in total. The van der Waals surface area contributed by atoms with Crippen LogP contribution in [0.2, 0.25) is 5.02 Å². The van der Waals surface area contributed by atoms with Gasteiger partial charge in [0.15, 0.2) is 11.5 Å². The summed E-state index contributed by atoms with van der Waals surface area (Å²) < 4.78 is 10.3. The lowest BCUT2D eigenvalue weighted by atomic mass is 10.0. The van der Waals surface area contributed by atoms with Crippen LogP contribution in [0.1, 0.15) is 17.2 Å². The molecule has 1 aromatic carbocycles. The lowest BCUT2D eigenvalue weighted by Gasteiger charge is -2.18. The molecule has 0 heterocycles. The summed E-state index contributed by atoms with van der Waals surface area (Å²) in [6.45, 7) is 1.69. The molecule has 0 saturated carbocycles. The summed E-state index contributed by atoms with van der Waals surface area (Å²) >= 11 is 6.00. The van der Waals surface area contributed by atoms with Gasteiger partial charge in [0.2, 0.25) is 0 Å². The topological polar surface area (TPSA) is 81.8 Å². The Hall–Kier alpha value is -1.46. The highest BCUT2D eigenvalue weighted by molar-refractivity contribution is 6.32. The normalized spacial score (nSPS) is 12.1. The van der Waals surface area contributed by atoms with Crippen LogP contribution in [0.3, 0.4) is 0 Å². The van der Waals surface area contributed by atoms with Gasteiger partial charge in [0, 0.05) is 17.2 Å². The van der Waals surface area contributed by atoms with Gasteiger partial charge in [0.05, 0.1) is 19.2 Å². The van der Waals surface area contributed by atoms with Gasteiger partial charge in [0.25, 0.3) is 0 Å². The average Bonchev–Trinajstić information content (AvgIpc) is 2.27. The maximum absolute atomic E-state index is 10.9. The zero-order valence-electron chi connectivity index (χ0n) is 9.78. The van der Waals surface area contributed by atoms with Crippen molar-refractivity contribution in [3.05, 3.63) is 22.2 Å². The van der Waals surface area contributed by atoms with Crippen molar-refractivity contribution in [1.82, 2.24) is 0 Å². The Morgan fingerprint density at radius 1 is 1.47 bits per heavy atom. The number of methoxy groups -OCH3 is 2. The number of benzene rings is 1. The molecule has 0 bridgehead atoms. The van der Waals surface area contributed by atoms with Crippen LogP contribution in [0.25, 0.3) is 0 Å². The second kappa shape index (κ2) is 5.25. The summed E-state index contributed by atoms with van der Waals surface area (Å²) in [5.41, 5.74) is 6.47. The average molecular weight is 260 g/mol. The maximum atomic E-state index is 10.9. The quantitative estimate of drug-likeness (QED) is 0.861. The second-order valence-corrected chi connectivity index (χ2v) is 3.86. The Labute approximate surface area is 104 Å². The van der Waals surface area contributed by atoms with E-state index in [2.05, 4.69) is 0 Å². The fourth-order valence-corrected chi connectivity index (χ4v) is 2.01. The molecule has 6 heteroatoms. The van der Waals surface area contributed by atoms with Crippen molar-refractivity contribution < 1.29 is 19.4 Å². The van der Waals surface area contributed by atoms with Crippen LogP contribution in [0, 0.1) is 6.92 Å². The second-order valence-electron chi connectivity index (χ2n) is 3.45. The molecule has 0 amide bonds. The first-order valence-corrected chi connectivity index (χ1v) is 5.21. The fourth-order valence-electron chi connectivity index (χ4n) is 1.66. The molecule has 0 spiro atoms. The van der Waals surface area contributed by atoms with Crippen molar-refractivity contribution in [2.75, 3.05) is 14.2 Å². The molecule has 0 aromatic heterocycles. The van der Waals surface area contributed by atoms with E-state index in [4.69, 9.17) is 31.9 Å². The molecule has 0 aliphatic heterocycles. The van der Waals surface area contributed by atoms with Crippen LogP contribution < -0.4 is 15.2 Å². The molecule has 1 atom stereocenters. The first kappa shape index (κ1) is 13.6. The van der Waals surface area contributed by atoms with Gasteiger partial charge in [-0.2, -0.15) is 0 Å². The third-order valence-corrected chi connectivity index (χ3v) is 2.80. The first-order chi connectivity index (χ1) is 7.93. The van der Waals surface area contributed by atoms with Crippen molar-refractivity contribution in [2.45, 2.75) is 13.0 Å². The van der Waals surface area contributed by atoms with Gasteiger partial charge >= 0.3 is 5.97 Å². The van der Waals surface area contributed by atoms with E-state index in [0.29, 0.717) is 22.6 Å². The molecule has 0 aliphatic carbocycles. The molecule has 0 aliphatic rings. The van der Waals surface area contributed by atoms with Crippen LogP contribution in [-0.4, -0.2) is 25.3 Å². The minimum absolute atomic E-state index is 0.245. The van der Waals surface area contributed by atoms with Crippen LogP contribution in [0.5, 0.6) is 11.5 Å². The van der Waals surface area contributed by atoms with Gasteiger partial charge in [0.1, 0.15) is 6.04 Å². The third-order valence-electron chi connectivity index (χ3n) is 2.48. The van der Waals surface area contributed by atoms with E-state index >= 15 is 0 Å². The van der Waals surface area contributed by atoms with Crippen LogP contribution in [0.15, 0.2) is 6.07 Å². The summed E-state index contributed by atoms with van der Waals surface area (Å²) in [7, 11) is 2.94. The summed E-state index contributed by atoms with van der Waals surface area (Å²) in [6, 6.07) is 0.299. The van der Waals surface area contributed by atoms with E-state index in [9.17, 15) is 4.79 Å². The van der Waals surface area contributed by atoms with Crippen molar-refractivity contribution in [3.8, 4) is 11.5 Å². The first-order valence-electron chi connectivity index (χ1n) is 4.83. The minimum Gasteiger partial charge on any atom is -0.493 e. The van der Waals surface area contributed by atoms with E-state index in [1.165, 1.54) is 20.3 Å². The van der Waals surface area contributed by atoms with Crippen LogP contribution in [-0.2, 0) is 4.79 Å². The number of carboxylic acids is 1. The predicted octanol–water partition coefficient (Wildman–Crippen LogP) is 1.75. The molecule has 1 rings (SSSR count). The Bertz CT molecular complexity index is 448. The Balaban J connectivity index is 3.47. The summed E-state index contributed by atoms with van der Waals surface area (Å²) in [5.74, 6) is -0.276. The van der Waals surface area contributed by atoms with Crippen LogP contribution >= 0.6 is 11.6 Å². The van der Waals surface area contributed by atoms with Gasteiger partial charge < -0.3 is 20.3 Å². The van der Waals surface area contributed by atoms with Gasteiger partial charge in [-0.15, -0.1) is 0 Å². The van der Waals surface area contributed by atoms with E-state index < -0.39 is 12.0 Å². The molecule has 1 aromatic rings. The molecule has 17 heavy (non-hydrogen) atoms. The van der Waals surface area contributed by atoms with Crippen LogP contribution in [0.4, 0.5) is 0 Å². The van der Waals surface area contributed by atoms with E-state index in [0.717, 1.165) is 0 Å². The lowest BCUT2D eigenvalue weighted by Crippen LogP contribution is -2.22. The summed E-state index contributed by atoms with van der Waals surface area (Å²) in [4.78, 5) is 10.9. The van der Waals surface area contributed by atoms with Gasteiger partial charge in [-0.25, -0.2) is 0 Å². The number of carbonyl (C=O) groups is 1. The Morgan fingerprint density at radius 2 is 2.06 bits per heavy atom. The Kier molecular flexibility index (Phi) is 4.20. The number of ether oxygens (including phenoxy) is 2. The number of halogens is 1. The van der Waals surface area contributed by atoms with Crippen molar-refractivity contribution >= 4 is 17.6 Å². The largest absolute Gasteiger partial charge is 0.493 e. The maximum Gasteiger partial charge on any atom is 0.325 e. The summed E-state index contributed by atoms with van der Waals surface area (Å²) in [6.07, 6.45) is 0. The molecule has 0 radical (unpaired) electrons. The standard InChI is InChI=1S/C11H14ClNO4/c1-5-8(9(13)11(14)15)6(12)4-7(16-2)10(5)17-3/h4,9H,13H2,1-3H3,(H,14,15). The van der Waals surface area contributed by atoms with Crippen molar-refractivity contribution in [1.29, 1.82) is 0 Å². The lowest BCUT2D eigenvalue weighted by molar-refractivity contribution is -0.138. The number of carboxylic acid groups (broad SMARTS) is 1. The molecular formula is C11H14ClNO4. The zero-order chi connectivity index (χ0) is 13.2. The van der Waals surface area contributed by atoms with E-state index in [1.54, 1.807) is 6.92 Å². The van der Waals surface area contributed by atoms with E-state index in [1.807, 2.05) is 0 Å².